The number of carboxylic acids is 1. The molecule has 19 heavy (non-hydrogen) atoms. The van der Waals surface area contributed by atoms with Gasteiger partial charge in [-0.15, -0.1) is 11.3 Å². The summed E-state index contributed by atoms with van der Waals surface area (Å²) in [4.78, 5) is 24.5. The number of hydrogen-bond acceptors (Lipinski definition) is 4. The maximum Gasteiger partial charge on any atom is 0.310 e. The summed E-state index contributed by atoms with van der Waals surface area (Å²) in [6.45, 7) is 0.455. The van der Waals surface area contributed by atoms with Crippen LogP contribution < -0.4 is 5.32 Å². The minimum atomic E-state index is -0.927. The van der Waals surface area contributed by atoms with E-state index in [2.05, 4.69) is 5.32 Å². The van der Waals surface area contributed by atoms with Crippen LogP contribution in [0.25, 0.3) is 0 Å². The van der Waals surface area contributed by atoms with E-state index in [9.17, 15) is 14.7 Å². The molecule has 1 amide bonds. The van der Waals surface area contributed by atoms with Crippen molar-refractivity contribution in [2.24, 2.45) is 11.8 Å². The van der Waals surface area contributed by atoms with Crippen LogP contribution in [0.15, 0.2) is 17.5 Å². The van der Waals surface area contributed by atoms with Crippen molar-refractivity contribution in [3.05, 3.63) is 22.4 Å². The van der Waals surface area contributed by atoms with Crippen molar-refractivity contribution in [1.29, 1.82) is 0 Å². The first kappa shape index (κ1) is 12.6. The van der Waals surface area contributed by atoms with Crippen LogP contribution in [-0.2, 0) is 20.9 Å². The average molecular weight is 281 g/mol. The Morgan fingerprint density at radius 1 is 1.37 bits per heavy atom. The SMILES string of the molecule is O=C(NCc1cccs1)[C@@H]1[C@@H](C(=O)O)[C@H]2CC[C@@H]1O2. The van der Waals surface area contributed by atoms with Crippen LogP contribution >= 0.6 is 11.3 Å². The van der Waals surface area contributed by atoms with Gasteiger partial charge in [-0.25, -0.2) is 0 Å². The minimum absolute atomic E-state index is 0.201. The maximum atomic E-state index is 12.2. The summed E-state index contributed by atoms with van der Waals surface area (Å²) in [5, 5.41) is 14.0. The molecule has 3 heterocycles. The quantitative estimate of drug-likeness (QED) is 0.870. The number of fused-ring (bicyclic) bond motifs is 2. The number of amides is 1. The van der Waals surface area contributed by atoms with Gasteiger partial charge in [-0.1, -0.05) is 6.07 Å². The van der Waals surface area contributed by atoms with Crippen molar-refractivity contribution < 1.29 is 19.4 Å². The Balaban J connectivity index is 1.66. The minimum Gasteiger partial charge on any atom is -0.481 e. The van der Waals surface area contributed by atoms with E-state index in [0.29, 0.717) is 6.54 Å². The highest BCUT2D eigenvalue weighted by atomic mass is 32.1. The zero-order chi connectivity index (χ0) is 13.4. The van der Waals surface area contributed by atoms with E-state index < -0.39 is 17.8 Å². The molecule has 3 rings (SSSR count). The molecule has 2 fully saturated rings. The lowest BCUT2D eigenvalue weighted by Gasteiger charge is -2.23. The highest BCUT2D eigenvalue weighted by Crippen LogP contribution is 2.43. The monoisotopic (exact) mass is 281 g/mol. The number of aliphatic carboxylic acids is 1. The average Bonchev–Trinajstić information content (AvgIpc) is 3.10. The number of nitrogens with one attached hydrogen (secondary N) is 1. The van der Waals surface area contributed by atoms with Crippen LogP contribution in [0.1, 0.15) is 17.7 Å². The molecule has 2 aliphatic heterocycles. The number of ether oxygens (including phenoxy) is 1. The van der Waals surface area contributed by atoms with E-state index in [1.54, 1.807) is 11.3 Å². The van der Waals surface area contributed by atoms with Gasteiger partial charge in [0.05, 0.1) is 30.6 Å². The molecule has 0 aliphatic carbocycles. The first-order valence-electron chi connectivity index (χ1n) is 6.35. The molecule has 2 aliphatic rings. The third kappa shape index (κ3) is 2.26. The van der Waals surface area contributed by atoms with Crippen LogP contribution in [0.4, 0.5) is 0 Å². The summed E-state index contributed by atoms with van der Waals surface area (Å²) in [6, 6.07) is 3.86. The lowest BCUT2D eigenvalue weighted by molar-refractivity contribution is -0.147. The van der Waals surface area contributed by atoms with Gasteiger partial charge in [-0.05, 0) is 24.3 Å². The van der Waals surface area contributed by atoms with Crippen LogP contribution in [0.5, 0.6) is 0 Å². The summed E-state index contributed by atoms with van der Waals surface area (Å²) in [5.41, 5.74) is 0. The van der Waals surface area contributed by atoms with E-state index in [-0.39, 0.29) is 18.1 Å². The van der Waals surface area contributed by atoms with Gasteiger partial charge in [0, 0.05) is 4.88 Å². The fraction of sp³-hybridized carbons (Fsp3) is 0.538. The molecule has 0 radical (unpaired) electrons. The molecule has 1 aromatic heterocycles. The van der Waals surface area contributed by atoms with E-state index in [0.717, 1.165) is 17.7 Å². The van der Waals surface area contributed by atoms with E-state index in [1.165, 1.54) is 0 Å². The Kier molecular flexibility index (Phi) is 3.28. The molecule has 1 aromatic rings. The summed E-state index contributed by atoms with van der Waals surface area (Å²) < 4.78 is 5.58. The van der Waals surface area contributed by atoms with Crippen LogP contribution in [0.3, 0.4) is 0 Å². The Hall–Kier alpha value is -1.40. The van der Waals surface area contributed by atoms with Gasteiger partial charge in [0.25, 0.3) is 0 Å². The number of carbonyl (C=O) groups excluding carboxylic acids is 1. The second-order valence-corrected chi connectivity index (χ2v) is 6.01. The molecule has 102 valence electrons. The van der Waals surface area contributed by atoms with E-state index >= 15 is 0 Å². The van der Waals surface area contributed by atoms with Gasteiger partial charge in [-0.3, -0.25) is 9.59 Å². The summed E-state index contributed by atoms with van der Waals surface area (Å²) >= 11 is 1.57. The zero-order valence-electron chi connectivity index (χ0n) is 10.2. The smallest absolute Gasteiger partial charge is 0.310 e. The van der Waals surface area contributed by atoms with Gasteiger partial charge in [0.2, 0.25) is 5.91 Å². The van der Waals surface area contributed by atoms with Crippen molar-refractivity contribution in [3.8, 4) is 0 Å². The third-order valence-corrected chi connectivity index (χ3v) is 4.75. The lowest BCUT2D eigenvalue weighted by Crippen LogP contribution is -2.43. The Morgan fingerprint density at radius 2 is 2.11 bits per heavy atom. The zero-order valence-corrected chi connectivity index (χ0v) is 11.1. The summed E-state index contributed by atoms with van der Waals surface area (Å²) in [7, 11) is 0. The van der Waals surface area contributed by atoms with Crippen LogP contribution in [0, 0.1) is 11.8 Å². The van der Waals surface area contributed by atoms with E-state index in [4.69, 9.17) is 4.74 Å². The van der Waals surface area contributed by atoms with Crippen molar-refractivity contribution in [2.75, 3.05) is 0 Å². The molecular formula is C13H15NO4S. The molecule has 6 heteroatoms. The second-order valence-electron chi connectivity index (χ2n) is 4.98. The molecule has 2 bridgehead atoms. The number of carboxylic acid groups (broad SMARTS) is 1. The summed E-state index contributed by atoms with van der Waals surface area (Å²) in [6.07, 6.45) is 1.01. The molecular weight excluding hydrogens is 266 g/mol. The fourth-order valence-electron chi connectivity index (χ4n) is 3.03. The molecule has 0 saturated carbocycles. The highest BCUT2D eigenvalue weighted by Gasteiger charge is 2.55. The van der Waals surface area contributed by atoms with Crippen molar-refractivity contribution in [1.82, 2.24) is 5.32 Å². The first-order chi connectivity index (χ1) is 9.16. The molecule has 5 nitrogen and oxygen atoms in total. The maximum absolute atomic E-state index is 12.2. The van der Waals surface area contributed by atoms with Gasteiger partial charge in [-0.2, -0.15) is 0 Å². The van der Waals surface area contributed by atoms with Gasteiger partial charge in [0.1, 0.15) is 0 Å². The van der Waals surface area contributed by atoms with Gasteiger partial charge >= 0.3 is 5.97 Å². The number of carbonyl (C=O) groups is 2. The number of rotatable bonds is 4. The van der Waals surface area contributed by atoms with Crippen molar-refractivity contribution in [3.63, 3.8) is 0 Å². The van der Waals surface area contributed by atoms with Crippen molar-refractivity contribution in [2.45, 2.75) is 31.6 Å². The topological polar surface area (TPSA) is 75.6 Å². The van der Waals surface area contributed by atoms with Crippen LogP contribution in [-0.4, -0.2) is 29.2 Å². The molecule has 2 N–H and O–H groups in total. The lowest BCUT2D eigenvalue weighted by atomic mass is 9.79. The Bertz CT molecular complexity index is 487. The highest BCUT2D eigenvalue weighted by molar-refractivity contribution is 7.09. The van der Waals surface area contributed by atoms with Crippen molar-refractivity contribution >= 4 is 23.2 Å². The molecule has 4 atom stereocenters. The van der Waals surface area contributed by atoms with Gasteiger partial charge < -0.3 is 15.2 Å². The number of hydrogen-bond donors (Lipinski definition) is 2. The van der Waals surface area contributed by atoms with Crippen LogP contribution in [0.2, 0.25) is 0 Å². The second kappa shape index (κ2) is 4.94. The predicted octanol–water partition coefficient (Wildman–Crippen LogP) is 1.24. The van der Waals surface area contributed by atoms with E-state index in [1.807, 2.05) is 17.5 Å². The standard InChI is InChI=1S/C13H15NO4S/c15-12(14-6-7-2-1-5-19-7)10-8-3-4-9(18-8)11(10)13(16)17/h1-2,5,8-11H,3-4,6H2,(H,14,15)(H,16,17)/t8-,9+,10-,11-/m0/s1. The first-order valence-corrected chi connectivity index (χ1v) is 7.23. The van der Waals surface area contributed by atoms with Gasteiger partial charge in [0.15, 0.2) is 0 Å². The molecule has 0 aromatic carbocycles. The Labute approximate surface area is 114 Å². The Morgan fingerprint density at radius 3 is 2.74 bits per heavy atom. The summed E-state index contributed by atoms with van der Waals surface area (Å²) in [5.74, 6) is -2.37. The third-order valence-electron chi connectivity index (χ3n) is 3.88. The number of thiophene rings is 1. The molecule has 0 spiro atoms. The normalized spacial score (nSPS) is 32.4. The molecule has 2 saturated heterocycles. The predicted molar refractivity (Wildman–Crippen MR) is 68.7 cm³/mol. The fourth-order valence-corrected chi connectivity index (χ4v) is 3.67. The molecule has 0 unspecified atom stereocenters. The largest absolute Gasteiger partial charge is 0.481 e.